The van der Waals surface area contributed by atoms with E-state index in [4.69, 9.17) is 21.1 Å². The minimum atomic E-state index is -1.29. The molecule has 0 saturated carbocycles. The number of carbonyl (C=O) groups excluding carboxylic acids is 1. The first-order valence-electron chi connectivity index (χ1n) is 11.3. The van der Waals surface area contributed by atoms with Crippen molar-refractivity contribution in [3.63, 3.8) is 0 Å². The number of ether oxygens (including phenoxy) is 2. The average molecular weight is 506 g/mol. The summed E-state index contributed by atoms with van der Waals surface area (Å²) >= 11 is 7.57. The molecule has 178 valence electrons. The normalized spacial score (nSPS) is 17.5. The number of rotatable bonds is 7. The maximum absolute atomic E-state index is 12.1. The van der Waals surface area contributed by atoms with Gasteiger partial charge in [-0.3, -0.25) is 0 Å². The molecule has 1 amide bonds. The monoisotopic (exact) mass is 505 g/mol. The number of aryl methyl sites for hydroxylation is 1. The topological polar surface area (TPSA) is 83.8 Å². The molecule has 3 aromatic carbocycles. The fourth-order valence-electron chi connectivity index (χ4n) is 4.22. The van der Waals surface area contributed by atoms with Crippen LogP contribution in [-0.4, -0.2) is 22.0 Å². The van der Waals surface area contributed by atoms with Crippen LogP contribution < -0.4 is 9.84 Å². The zero-order valence-corrected chi connectivity index (χ0v) is 20.8. The first-order chi connectivity index (χ1) is 16.8. The first-order valence-corrected chi connectivity index (χ1v) is 12.4. The van der Waals surface area contributed by atoms with Crippen molar-refractivity contribution in [1.29, 1.82) is 0 Å². The van der Waals surface area contributed by atoms with E-state index >= 15 is 0 Å². The number of aromatic nitrogens is 1. The number of nitrogens with zero attached hydrogens (tertiary/aromatic N) is 2. The van der Waals surface area contributed by atoms with Gasteiger partial charge in [-0.2, -0.15) is 9.37 Å². The maximum Gasteiger partial charge on any atom is 0.433 e. The van der Waals surface area contributed by atoms with Gasteiger partial charge in [-0.15, -0.1) is 0 Å². The van der Waals surface area contributed by atoms with Gasteiger partial charge in [-0.1, -0.05) is 37.1 Å². The van der Waals surface area contributed by atoms with Crippen LogP contribution in [0.3, 0.4) is 0 Å². The molecule has 0 bridgehead atoms. The van der Waals surface area contributed by atoms with Crippen molar-refractivity contribution in [2.45, 2.75) is 38.7 Å². The van der Waals surface area contributed by atoms with Crippen molar-refractivity contribution in [1.82, 2.24) is 4.37 Å². The highest BCUT2D eigenvalue weighted by atomic mass is 35.5. The van der Waals surface area contributed by atoms with Gasteiger partial charge in [-0.25, -0.2) is 4.79 Å². The molecule has 0 spiro atoms. The third kappa shape index (κ3) is 4.74. The maximum atomic E-state index is 12.1. The Labute approximate surface area is 212 Å². The molecule has 0 radical (unpaired) electrons. The van der Waals surface area contributed by atoms with Gasteiger partial charge in [0.05, 0.1) is 10.4 Å². The Morgan fingerprint density at radius 2 is 2.00 bits per heavy atom. The first kappa shape index (κ1) is 23.3. The summed E-state index contributed by atoms with van der Waals surface area (Å²) in [5.74, 6) is 0.838. The summed E-state index contributed by atoms with van der Waals surface area (Å²) in [6.07, 6.45) is 1.19. The van der Waals surface area contributed by atoms with Crippen LogP contribution in [0.5, 0.6) is 11.5 Å². The SMILES string of the molecule is CCCc1cc(-c2nsc3cc(Cl)ccc23)ccc1Oc1cccc(C[C@@]2(C)OC(=O)N=C2[O-])c1. The van der Waals surface area contributed by atoms with E-state index in [0.29, 0.717) is 10.8 Å². The highest BCUT2D eigenvalue weighted by molar-refractivity contribution is 7.13. The van der Waals surface area contributed by atoms with Gasteiger partial charge in [0, 0.05) is 28.3 Å². The predicted molar refractivity (Wildman–Crippen MR) is 137 cm³/mol. The number of benzene rings is 3. The van der Waals surface area contributed by atoms with Crippen LogP contribution >= 0.6 is 23.1 Å². The van der Waals surface area contributed by atoms with Crippen LogP contribution in [0.4, 0.5) is 4.79 Å². The van der Waals surface area contributed by atoms with Crippen molar-refractivity contribution >= 4 is 45.2 Å². The average Bonchev–Trinajstić information content (AvgIpc) is 3.34. The van der Waals surface area contributed by atoms with E-state index in [2.05, 4.69) is 22.4 Å². The summed E-state index contributed by atoms with van der Waals surface area (Å²) in [6, 6.07) is 19.4. The molecule has 1 aliphatic rings. The molecule has 6 nitrogen and oxygen atoms in total. The summed E-state index contributed by atoms with van der Waals surface area (Å²) in [7, 11) is 0. The predicted octanol–water partition coefficient (Wildman–Crippen LogP) is 6.57. The molecule has 0 saturated heterocycles. The highest BCUT2D eigenvalue weighted by Gasteiger charge is 2.35. The quantitative estimate of drug-likeness (QED) is 0.283. The molecule has 1 aromatic heterocycles. The minimum absolute atomic E-state index is 0.222. The van der Waals surface area contributed by atoms with E-state index in [9.17, 15) is 9.90 Å². The third-order valence-corrected chi connectivity index (χ3v) is 6.96. The van der Waals surface area contributed by atoms with Crippen LogP contribution in [0, 0.1) is 0 Å². The van der Waals surface area contributed by atoms with E-state index in [1.807, 2.05) is 54.6 Å². The Bertz CT molecular complexity index is 1460. The molecule has 5 rings (SSSR count). The fraction of sp³-hybridized carbons (Fsp3) is 0.222. The lowest BCUT2D eigenvalue weighted by Crippen LogP contribution is -2.44. The number of carbonyl (C=O) groups is 1. The standard InChI is InChI=1S/C27H23ClN2O4S/c1-3-5-17-13-18(24-21-10-9-19(28)14-23(21)35-30-24)8-11-22(17)33-20-7-4-6-16(12-20)15-27(2)25(31)29-26(32)34-27/h4,6-14H,3,5,15H2,1-2H3,(H,29,31,32)/p-1/t27-/m1/s1. The Morgan fingerprint density at radius 1 is 1.14 bits per heavy atom. The molecular weight excluding hydrogens is 484 g/mol. The van der Waals surface area contributed by atoms with Gasteiger partial charge < -0.3 is 14.6 Å². The van der Waals surface area contributed by atoms with Crippen molar-refractivity contribution in [2.24, 2.45) is 4.99 Å². The van der Waals surface area contributed by atoms with E-state index in [-0.39, 0.29) is 6.42 Å². The number of halogens is 1. The zero-order chi connectivity index (χ0) is 24.6. The molecule has 2 heterocycles. The van der Waals surface area contributed by atoms with E-state index in [1.54, 1.807) is 6.92 Å². The number of hydrogen-bond acceptors (Lipinski definition) is 6. The Morgan fingerprint density at radius 3 is 2.77 bits per heavy atom. The summed E-state index contributed by atoms with van der Waals surface area (Å²) in [4.78, 5) is 14.8. The second-order valence-corrected chi connectivity index (χ2v) is 9.93. The van der Waals surface area contributed by atoms with Crippen molar-refractivity contribution in [2.75, 3.05) is 0 Å². The van der Waals surface area contributed by atoms with Gasteiger partial charge >= 0.3 is 6.09 Å². The van der Waals surface area contributed by atoms with Crippen molar-refractivity contribution < 1.29 is 19.4 Å². The van der Waals surface area contributed by atoms with Crippen molar-refractivity contribution in [3.8, 4) is 22.8 Å². The Hall–Kier alpha value is -3.42. The number of cyclic esters (lactones) is 1. The molecule has 0 unspecified atom stereocenters. The van der Waals surface area contributed by atoms with Gasteiger partial charge in [0.1, 0.15) is 17.1 Å². The van der Waals surface area contributed by atoms with E-state index in [1.165, 1.54) is 11.5 Å². The van der Waals surface area contributed by atoms with Gasteiger partial charge in [0.15, 0.2) is 0 Å². The van der Waals surface area contributed by atoms with Crippen LogP contribution in [0.2, 0.25) is 5.02 Å². The molecule has 0 fully saturated rings. The van der Waals surface area contributed by atoms with Gasteiger partial charge in [0.2, 0.25) is 0 Å². The second-order valence-electron chi connectivity index (χ2n) is 8.69. The molecule has 1 atom stereocenters. The molecule has 1 aliphatic heterocycles. The van der Waals surface area contributed by atoms with E-state index < -0.39 is 17.6 Å². The van der Waals surface area contributed by atoms with E-state index in [0.717, 1.165) is 51.1 Å². The summed E-state index contributed by atoms with van der Waals surface area (Å²) < 4.78 is 17.1. The second kappa shape index (κ2) is 9.32. The van der Waals surface area contributed by atoms with Crippen LogP contribution in [0.25, 0.3) is 21.3 Å². The minimum Gasteiger partial charge on any atom is -0.859 e. The molecule has 35 heavy (non-hydrogen) atoms. The van der Waals surface area contributed by atoms with Gasteiger partial charge in [0.25, 0.3) is 0 Å². The fourth-order valence-corrected chi connectivity index (χ4v) is 5.29. The molecule has 8 heteroatoms. The Balaban J connectivity index is 1.42. The molecule has 0 aliphatic carbocycles. The summed E-state index contributed by atoms with van der Waals surface area (Å²) in [5.41, 5.74) is 2.56. The molecule has 4 aromatic rings. The third-order valence-electron chi connectivity index (χ3n) is 5.91. The zero-order valence-electron chi connectivity index (χ0n) is 19.2. The van der Waals surface area contributed by atoms with Crippen LogP contribution in [0.1, 0.15) is 31.4 Å². The number of amides is 1. The van der Waals surface area contributed by atoms with Crippen LogP contribution in [-0.2, 0) is 17.6 Å². The number of hydrogen-bond donors (Lipinski definition) is 0. The number of aliphatic imine (C=N–C) groups is 1. The molecular formula is C27H22ClN2O4S-. The molecule has 0 N–H and O–H groups in total. The smallest absolute Gasteiger partial charge is 0.433 e. The van der Waals surface area contributed by atoms with Gasteiger partial charge in [-0.05, 0) is 84.5 Å². The van der Waals surface area contributed by atoms with Crippen molar-refractivity contribution in [3.05, 3.63) is 76.8 Å². The van der Waals surface area contributed by atoms with Crippen LogP contribution in [0.15, 0.2) is 65.7 Å². The number of fused-ring (bicyclic) bond motifs is 1. The largest absolute Gasteiger partial charge is 0.859 e. The lowest BCUT2D eigenvalue weighted by atomic mass is 9.96. The lowest BCUT2D eigenvalue weighted by molar-refractivity contribution is -0.231. The Kier molecular flexibility index (Phi) is 6.21. The summed E-state index contributed by atoms with van der Waals surface area (Å²) in [6.45, 7) is 3.70. The summed E-state index contributed by atoms with van der Waals surface area (Å²) in [5, 5.41) is 13.8. The lowest BCUT2D eigenvalue weighted by Gasteiger charge is -2.27. The highest BCUT2D eigenvalue weighted by Crippen LogP contribution is 2.36.